The first-order valence-corrected chi connectivity index (χ1v) is 4.52. The molecule has 4 heteroatoms. The van der Waals surface area contributed by atoms with E-state index in [0.717, 1.165) is 12.8 Å². The Morgan fingerprint density at radius 3 is 2.38 bits per heavy atom. The van der Waals surface area contributed by atoms with Crippen LogP contribution >= 0.6 is 0 Å². The second-order valence-corrected chi connectivity index (χ2v) is 2.80. The molecule has 0 fully saturated rings. The van der Waals surface area contributed by atoms with Crippen molar-refractivity contribution in [1.29, 1.82) is 0 Å². The number of hydrogen-bond acceptors (Lipinski definition) is 3. The van der Waals surface area contributed by atoms with E-state index in [1.165, 1.54) is 0 Å². The van der Waals surface area contributed by atoms with Gasteiger partial charge in [0, 0.05) is 6.42 Å². The molecule has 0 atom stereocenters. The van der Waals surface area contributed by atoms with E-state index in [0.29, 0.717) is 12.8 Å². The maximum absolute atomic E-state index is 10.9. The van der Waals surface area contributed by atoms with Gasteiger partial charge in [-0.2, -0.15) is 0 Å². The Bertz CT molecular complexity index is 165. The number of hydrogen-bond donors (Lipinski definition) is 0. The standard InChI is InChI=1S/C9H15O4/c1-2-3-6-9(12)13-7-4-5-8(10)11/h2-7H2,1H3. The predicted molar refractivity (Wildman–Crippen MR) is 45.4 cm³/mol. The molecule has 0 spiro atoms. The first kappa shape index (κ1) is 11.9. The van der Waals surface area contributed by atoms with Gasteiger partial charge in [0.05, 0.1) is 13.0 Å². The molecule has 0 unspecified atom stereocenters. The fourth-order valence-corrected chi connectivity index (χ4v) is 0.796. The van der Waals surface area contributed by atoms with Gasteiger partial charge in [-0.25, -0.2) is 9.90 Å². The van der Waals surface area contributed by atoms with Crippen LogP contribution < -0.4 is 0 Å². The van der Waals surface area contributed by atoms with Crippen molar-refractivity contribution in [2.24, 2.45) is 0 Å². The third kappa shape index (κ3) is 8.85. The van der Waals surface area contributed by atoms with Crippen molar-refractivity contribution in [3.05, 3.63) is 0 Å². The lowest BCUT2D eigenvalue weighted by Crippen LogP contribution is -2.06. The molecule has 0 aliphatic rings. The van der Waals surface area contributed by atoms with Crippen LogP contribution in [0.3, 0.4) is 0 Å². The minimum atomic E-state index is -1.11. The molecule has 0 aromatic carbocycles. The Kier molecular flexibility index (Phi) is 6.96. The van der Waals surface area contributed by atoms with Crippen LogP contribution in [0.15, 0.2) is 0 Å². The van der Waals surface area contributed by atoms with Gasteiger partial charge in [0.15, 0.2) is 0 Å². The second kappa shape index (κ2) is 7.58. The van der Waals surface area contributed by atoms with Crippen LogP contribution in [0.25, 0.3) is 0 Å². The minimum Gasteiger partial charge on any atom is -0.466 e. The van der Waals surface area contributed by atoms with Crippen LogP contribution in [0, 0.1) is 0 Å². The third-order valence-corrected chi connectivity index (χ3v) is 1.52. The number of ether oxygens (including phenoxy) is 1. The number of rotatable bonds is 7. The van der Waals surface area contributed by atoms with Crippen LogP contribution in [0.5, 0.6) is 0 Å². The zero-order valence-electron chi connectivity index (χ0n) is 7.88. The van der Waals surface area contributed by atoms with Crippen molar-refractivity contribution in [3.8, 4) is 0 Å². The summed E-state index contributed by atoms with van der Waals surface area (Å²) in [6.07, 6.45) is 2.47. The van der Waals surface area contributed by atoms with Crippen molar-refractivity contribution >= 4 is 11.9 Å². The highest BCUT2D eigenvalue weighted by atomic mass is 16.5. The minimum absolute atomic E-state index is 0.0545. The summed E-state index contributed by atoms with van der Waals surface area (Å²) in [7, 11) is 0. The van der Waals surface area contributed by atoms with E-state index in [4.69, 9.17) is 4.74 Å². The lowest BCUT2D eigenvalue weighted by atomic mass is 10.2. The Morgan fingerprint density at radius 2 is 1.85 bits per heavy atom. The highest BCUT2D eigenvalue weighted by Crippen LogP contribution is 1.98. The molecule has 0 aliphatic carbocycles. The number of unbranched alkanes of at least 4 members (excludes halogenated alkanes) is 1. The number of carbonyl (C=O) groups excluding carboxylic acids is 2. The van der Waals surface area contributed by atoms with Crippen molar-refractivity contribution in [1.82, 2.24) is 0 Å². The summed E-state index contributed by atoms with van der Waals surface area (Å²) in [4.78, 5) is 20.8. The van der Waals surface area contributed by atoms with Gasteiger partial charge in [0.2, 0.25) is 0 Å². The van der Waals surface area contributed by atoms with Crippen LogP contribution in [0.4, 0.5) is 0 Å². The molecule has 0 bridgehead atoms. The van der Waals surface area contributed by atoms with Gasteiger partial charge >= 0.3 is 11.9 Å². The molecule has 0 amide bonds. The largest absolute Gasteiger partial charge is 0.466 e. The van der Waals surface area contributed by atoms with E-state index in [-0.39, 0.29) is 19.0 Å². The summed E-state index contributed by atoms with van der Waals surface area (Å²) in [5.74, 6) is -1.36. The first-order valence-electron chi connectivity index (χ1n) is 4.52. The van der Waals surface area contributed by atoms with Crippen LogP contribution in [-0.4, -0.2) is 18.5 Å². The number of carbonyl (C=O) groups is 2. The van der Waals surface area contributed by atoms with Crippen molar-refractivity contribution < 1.29 is 19.4 Å². The van der Waals surface area contributed by atoms with Gasteiger partial charge in [-0.1, -0.05) is 13.3 Å². The summed E-state index contributed by atoms with van der Waals surface area (Å²) < 4.78 is 4.76. The van der Waals surface area contributed by atoms with E-state index in [1.54, 1.807) is 0 Å². The highest BCUT2D eigenvalue weighted by molar-refractivity contribution is 5.69. The normalized spacial score (nSPS) is 9.62. The highest BCUT2D eigenvalue weighted by Gasteiger charge is 2.03. The molecule has 0 aromatic heterocycles. The molecular weight excluding hydrogens is 172 g/mol. The fourth-order valence-electron chi connectivity index (χ4n) is 0.796. The molecular formula is C9H15O4. The van der Waals surface area contributed by atoms with Gasteiger partial charge in [-0.05, 0) is 12.8 Å². The predicted octanol–water partition coefficient (Wildman–Crippen LogP) is 1.46. The van der Waals surface area contributed by atoms with Gasteiger partial charge in [0.25, 0.3) is 0 Å². The summed E-state index contributed by atoms with van der Waals surface area (Å²) in [5.41, 5.74) is 0. The van der Waals surface area contributed by atoms with Crippen molar-refractivity contribution in [2.75, 3.05) is 6.61 Å². The maximum atomic E-state index is 10.9. The molecule has 1 radical (unpaired) electrons. The lowest BCUT2D eigenvalue weighted by molar-refractivity contribution is -0.147. The van der Waals surface area contributed by atoms with E-state index < -0.39 is 5.97 Å². The molecule has 0 aliphatic heterocycles. The second-order valence-electron chi connectivity index (χ2n) is 2.80. The van der Waals surface area contributed by atoms with Gasteiger partial charge in [-0.15, -0.1) is 0 Å². The zero-order valence-corrected chi connectivity index (χ0v) is 7.88. The Morgan fingerprint density at radius 1 is 1.15 bits per heavy atom. The van der Waals surface area contributed by atoms with E-state index in [2.05, 4.69) is 0 Å². The molecule has 0 saturated carbocycles. The van der Waals surface area contributed by atoms with Crippen molar-refractivity contribution in [3.63, 3.8) is 0 Å². The molecule has 0 N–H and O–H groups in total. The Labute approximate surface area is 77.9 Å². The van der Waals surface area contributed by atoms with Gasteiger partial charge in [-0.3, -0.25) is 4.79 Å². The van der Waals surface area contributed by atoms with E-state index in [9.17, 15) is 14.7 Å². The van der Waals surface area contributed by atoms with E-state index in [1.807, 2.05) is 6.92 Å². The Balaban J connectivity index is 3.22. The van der Waals surface area contributed by atoms with Gasteiger partial charge in [0.1, 0.15) is 0 Å². The monoisotopic (exact) mass is 187 g/mol. The smallest absolute Gasteiger partial charge is 0.355 e. The van der Waals surface area contributed by atoms with E-state index >= 15 is 0 Å². The molecule has 0 saturated heterocycles. The molecule has 0 heterocycles. The maximum Gasteiger partial charge on any atom is 0.355 e. The van der Waals surface area contributed by atoms with Crippen LogP contribution in [0.2, 0.25) is 0 Å². The average Bonchev–Trinajstić information content (AvgIpc) is 2.08. The molecule has 0 rings (SSSR count). The summed E-state index contributed by atoms with van der Waals surface area (Å²) >= 11 is 0. The number of esters is 1. The van der Waals surface area contributed by atoms with Crippen LogP contribution in [-0.2, 0) is 19.4 Å². The topological polar surface area (TPSA) is 63.3 Å². The molecule has 4 nitrogen and oxygen atoms in total. The molecule has 75 valence electrons. The summed E-state index contributed by atoms with van der Waals surface area (Å²) in [6, 6.07) is 0. The summed E-state index contributed by atoms with van der Waals surface area (Å²) in [5, 5.41) is 9.96. The molecule has 13 heavy (non-hydrogen) atoms. The fraction of sp³-hybridized carbons (Fsp3) is 0.778. The van der Waals surface area contributed by atoms with Crippen LogP contribution in [0.1, 0.15) is 39.0 Å². The van der Waals surface area contributed by atoms with Crippen molar-refractivity contribution in [2.45, 2.75) is 39.0 Å². The average molecular weight is 187 g/mol. The zero-order chi connectivity index (χ0) is 10.1. The molecule has 0 aromatic rings. The first-order chi connectivity index (χ1) is 6.16. The SMILES string of the molecule is CCCCC(=O)OCCCC([O])=O. The third-order valence-electron chi connectivity index (χ3n) is 1.52. The Hall–Kier alpha value is -1.06. The van der Waals surface area contributed by atoms with Gasteiger partial charge < -0.3 is 4.74 Å². The quantitative estimate of drug-likeness (QED) is 0.447. The lowest BCUT2D eigenvalue weighted by Gasteiger charge is -2.01. The summed E-state index contributed by atoms with van der Waals surface area (Å²) in [6.45, 7) is 2.17.